The van der Waals surface area contributed by atoms with Crippen LogP contribution in [0.25, 0.3) is 10.9 Å². The van der Waals surface area contributed by atoms with Gasteiger partial charge in [-0.2, -0.15) is 0 Å². The molecule has 76 valence electrons. The van der Waals surface area contributed by atoms with Crippen LogP contribution in [0.1, 0.15) is 5.56 Å². The molecule has 0 fully saturated rings. The number of pyridine rings is 1. The quantitative estimate of drug-likeness (QED) is 0.755. The van der Waals surface area contributed by atoms with Gasteiger partial charge in [0.1, 0.15) is 0 Å². The third-order valence-electron chi connectivity index (χ3n) is 2.26. The van der Waals surface area contributed by atoms with Gasteiger partial charge in [0.15, 0.2) is 0 Å². The van der Waals surface area contributed by atoms with Gasteiger partial charge in [0.25, 0.3) is 0 Å². The number of anilines is 1. The van der Waals surface area contributed by atoms with Gasteiger partial charge in [-0.05, 0) is 6.07 Å². The van der Waals surface area contributed by atoms with Crippen LogP contribution in [-0.4, -0.2) is 10.9 Å². The molecule has 0 unspecified atom stereocenters. The first-order valence-corrected chi connectivity index (χ1v) is 4.59. The lowest BCUT2D eigenvalue weighted by molar-refractivity contribution is -0.117. The van der Waals surface area contributed by atoms with Crippen molar-refractivity contribution in [1.29, 1.82) is 0 Å². The van der Waals surface area contributed by atoms with E-state index in [1.165, 1.54) is 0 Å². The number of nitrogens with two attached hydrogens (primary N) is 2. The van der Waals surface area contributed by atoms with Crippen LogP contribution < -0.4 is 11.5 Å². The van der Waals surface area contributed by atoms with E-state index in [4.69, 9.17) is 11.5 Å². The highest BCUT2D eigenvalue weighted by molar-refractivity contribution is 5.93. The molecule has 0 atom stereocenters. The molecule has 0 aliphatic rings. The van der Waals surface area contributed by atoms with Gasteiger partial charge < -0.3 is 11.5 Å². The van der Waals surface area contributed by atoms with Gasteiger partial charge in [-0.3, -0.25) is 9.78 Å². The van der Waals surface area contributed by atoms with E-state index in [0.717, 1.165) is 10.9 Å². The molecule has 1 aromatic carbocycles. The molecule has 0 saturated carbocycles. The van der Waals surface area contributed by atoms with Crippen LogP contribution in [0.15, 0.2) is 30.5 Å². The van der Waals surface area contributed by atoms with Crippen molar-refractivity contribution in [1.82, 2.24) is 4.98 Å². The minimum Gasteiger partial charge on any atom is -0.398 e. The summed E-state index contributed by atoms with van der Waals surface area (Å²) < 4.78 is 0. The summed E-state index contributed by atoms with van der Waals surface area (Å²) in [7, 11) is 0. The number of primary amides is 1. The van der Waals surface area contributed by atoms with Crippen molar-refractivity contribution in [3.05, 3.63) is 36.0 Å². The number of fused-ring (bicyclic) bond motifs is 1. The second-order valence-corrected chi connectivity index (χ2v) is 3.36. The number of para-hydroxylation sites is 1. The SMILES string of the molecule is NC(=O)Cc1cnc2ccccc2c1N. The Labute approximate surface area is 86.9 Å². The maximum absolute atomic E-state index is 10.8. The van der Waals surface area contributed by atoms with Gasteiger partial charge in [0.2, 0.25) is 5.91 Å². The molecule has 15 heavy (non-hydrogen) atoms. The zero-order valence-corrected chi connectivity index (χ0v) is 8.10. The summed E-state index contributed by atoms with van der Waals surface area (Å²) in [6.45, 7) is 0. The van der Waals surface area contributed by atoms with Crippen molar-refractivity contribution >= 4 is 22.5 Å². The van der Waals surface area contributed by atoms with E-state index in [1.54, 1.807) is 6.20 Å². The van der Waals surface area contributed by atoms with Crippen LogP contribution in [-0.2, 0) is 11.2 Å². The van der Waals surface area contributed by atoms with Crippen LogP contribution in [0, 0.1) is 0 Å². The van der Waals surface area contributed by atoms with Gasteiger partial charge in [-0.1, -0.05) is 18.2 Å². The summed E-state index contributed by atoms with van der Waals surface area (Å²) >= 11 is 0. The van der Waals surface area contributed by atoms with Gasteiger partial charge in [0, 0.05) is 22.8 Å². The first kappa shape index (κ1) is 9.45. The number of hydrogen-bond donors (Lipinski definition) is 2. The Morgan fingerprint density at radius 3 is 2.80 bits per heavy atom. The lowest BCUT2D eigenvalue weighted by Crippen LogP contribution is -2.15. The lowest BCUT2D eigenvalue weighted by atomic mass is 10.1. The van der Waals surface area contributed by atoms with E-state index in [0.29, 0.717) is 11.3 Å². The second kappa shape index (κ2) is 3.57. The van der Waals surface area contributed by atoms with E-state index in [2.05, 4.69) is 4.98 Å². The number of nitrogens with zero attached hydrogens (tertiary/aromatic N) is 1. The predicted molar refractivity (Wildman–Crippen MR) is 59.1 cm³/mol. The fourth-order valence-corrected chi connectivity index (χ4v) is 1.53. The van der Waals surface area contributed by atoms with Crippen molar-refractivity contribution in [3.63, 3.8) is 0 Å². The molecule has 0 bridgehead atoms. The molecule has 4 heteroatoms. The third kappa shape index (κ3) is 1.74. The minimum absolute atomic E-state index is 0.129. The van der Waals surface area contributed by atoms with Crippen LogP contribution in [0.5, 0.6) is 0 Å². The average Bonchev–Trinajstić information content (AvgIpc) is 2.22. The normalized spacial score (nSPS) is 10.4. The Balaban J connectivity index is 2.59. The monoisotopic (exact) mass is 201 g/mol. The fraction of sp³-hybridized carbons (Fsp3) is 0.0909. The van der Waals surface area contributed by atoms with Gasteiger partial charge in [-0.15, -0.1) is 0 Å². The smallest absolute Gasteiger partial charge is 0.221 e. The molecule has 1 heterocycles. The maximum atomic E-state index is 10.8. The predicted octanol–water partition coefficient (Wildman–Crippen LogP) is 0.845. The van der Waals surface area contributed by atoms with Crippen molar-refractivity contribution in [3.8, 4) is 0 Å². The number of carbonyl (C=O) groups excluding carboxylic acids is 1. The molecular formula is C11H11N3O. The Bertz CT molecular complexity index is 522. The zero-order valence-electron chi connectivity index (χ0n) is 8.10. The van der Waals surface area contributed by atoms with Crippen LogP contribution in [0.4, 0.5) is 5.69 Å². The molecule has 1 amide bonds. The molecule has 0 radical (unpaired) electrons. The summed E-state index contributed by atoms with van der Waals surface area (Å²) in [6.07, 6.45) is 1.73. The zero-order chi connectivity index (χ0) is 10.8. The number of hydrogen-bond acceptors (Lipinski definition) is 3. The molecule has 0 saturated heterocycles. The molecule has 0 spiro atoms. The van der Waals surface area contributed by atoms with Crippen molar-refractivity contribution in [2.75, 3.05) is 5.73 Å². The Morgan fingerprint density at radius 2 is 2.07 bits per heavy atom. The number of benzene rings is 1. The first-order valence-electron chi connectivity index (χ1n) is 4.59. The highest BCUT2D eigenvalue weighted by Crippen LogP contribution is 2.22. The molecule has 2 rings (SSSR count). The second-order valence-electron chi connectivity index (χ2n) is 3.36. The van der Waals surface area contributed by atoms with Crippen molar-refractivity contribution < 1.29 is 4.79 Å². The third-order valence-corrected chi connectivity index (χ3v) is 2.26. The summed E-state index contributed by atoms with van der Waals surface area (Å²) in [4.78, 5) is 15.0. The standard InChI is InChI=1S/C11H11N3O/c12-10(15)5-7-6-14-9-4-2-1-3-8(9)11(7)13/h1-4,6H,5H2,(H2,12,15)(H2,13,14). The van der Waals surface area contributed by atoms with E-state index in [9.17, 15) is 4.79 Å². The molecule has 2 aromatic rings. The first-order chi connectivity index (χ1) is 7.18. The number of aromatic nitrogens is 1. The molecule has 1 aromatic heterocycles. The van der Waals surface area contributed by atoms with Gasteiger partial charge >= 0.3 is 0 Å². The summed E-state index contributed by atoms with van der Waals surface area (Å²) in [6, 6.07) is 7.53. The highest BCUT2D eigenvalue weighted by atomic mass is 16.1. The molecule has 4 N–H and O–H groups in total. The van der Waals surface area contributed by atoms with Gasteiger partial charge in [0.05, 0.1) is 11.9 Å². The molecule has 4 nitrogen and oxygen atoms in total. The number of amides is 1. The number of rotatable bonds is 2. The van der Waals surface area contributed by atoms with E-state index >= 15 is 0 Å². The topological polar surface area (TPSA) is 82.0 Å². The fourth-order valence-electron chi connectivity index (χ4n) is 1.53. The Morgan fingerprint density at radius 1 is 1.33 bits per heavy atom. The molecular weight excluding hydrogens is 190 g/mol. The molecule has 0 aliphatic heterocycles. The number of nitrogen functional groups attached to an aromatic ring is 1. The highest BCUT2D eigenvalue weighted by Gasteiger charge is 2.07. The largest absolute Gasteiger partial charge is 0.398 e. The van der Waals surface area contributed by atoms with E-state index in [-0.39, 0.29) is 6.42 Å². The van der Waals surface area contributed by atoms with Crippen LogP contribution in [0.3, 0.4) is 0 Å². The van der Waals surface area contributed by atoms with Crippen molar-refractivity contribution in [2.45, 2.75) is 6.42 Å². The molecule has 0 aliphatic carbocycles. The van der Waals surface area contributed by atoms with E-state index in [1.807, 2.05) is 24.3 Å². The average molecular weight is 201 g/mol. The van der Waals surface area contributed by atoms with Crippen LogP contribution >= 0.6 is 0 Å². The Hall–Kier alpha value is -2.10. The van der Waals surface area contributed by atoms with Gasteiger partial charge in [-0.25, -0.2) is 0 Å². The number of carbonyl (C=O) groups is 1. The van der Waals surface area contributed by atoms with E-state index < -0.39 is 5.91 Å². The summed E-state index contributed by atoms with van der Waals surface area (Å²) in [5.41, 5.74) is 13.1. The minimum atomic E-state index is -0.404. The lowest BCUT2D eigenvalue weighted by Gasteiger charge is -2.06. The van der Waals surface area contributed by atoms with Crippen LogP contribution in [0.2, 0.25) is 0 Å². The summed E-state index contributed by atoms with van der Waals surface area (Å²) in [5, 5.41) is 0.858. The Kier molecular flexibility index (Phi) is 2.25. The summed E-state index contributed by atoms with van der Waals surface area (Å²) in [5.74, 6) is -0.404. The maximum Gasteiger partial charge on any atom is 0.221 e. The van der Waals surface area contributed by atoms with Crippen molar-refractivity contribution in [2.24, 2.45) is 5.73 Å².